The molecule has 6 heteroatoms. The fourth-order valence-corrected chi connectivity index (χ4v) is 1.50. The van der Waals surface area contributed by atoms with Crippen LogP contribution in [-0.4, -0.2) is 24.2 Å². The van der Waals surface area contributed by atoms with Gasteiger partial charge in [-0.15, -0.1) is 0 Å². The zero-order valence-electron chi connectivity index (χ0n) is 10.2. The molecule has 0 spiro atoms. The van der Waals surface area contributed by atoms with Crippen LogP contribution >= 0.6 is 0 Å². The second-order valence-electron chi connectivity index (χ2n) is 3.52. The highest BCUT2D eigenvalue weighted by Gasteiger charge is 2.05. The summed E-state index contributed by atoms with van der Waals surface area (Å²) in [5.41, 5.74) is 6.37. The highest BCUT2D eigenvalue weighted by atomic mass is 16.5. The van der Waals surface area contributed by atoms with Crippen molar-refractivity contribution in [3.63, 3.8) is 0 Å². The van der Waals surface area contributed by atoms with Crippen molar-refractivity contribution in [1.82, 2.24) is 9.97 Å². The Hall–Kier alpha value is -2.50. The molecule has 2 rings (SSSR count). The third kappa shape index (κ3) is 2.60. The minimum atomic E-state index is 0.362. The first-order valence-electron chi connectivity index (χ1n) is 5.29. The summed E-state index contributed by atoms with van der Waals surface area (Å²) in [5.74, 6) is 2.24. The fraction of sp³-hybridized carbons (Fsp3) is 0.167. The van der Waals surface area contributed by atoms with Gasteiger partial charge >= 0.3 is 0 Å². The Labute approximate surface area is 105 Å². The smallest absolute Gasteiger partial charge is 0.162 e. The molecule has 1 aromatic carbocycles. The summed E-state index contributed by atoms with van der Waals surface area (Å²) >= 11 is 0. The Bertz CT molecular complexity index is 545. The molecule has 94 valence electrons. The van der Waals surface area contributed by atoms with E-state index in [2.05, 4.69) is 15.3 Å². The van der Waals surface area contributed by atoms with E-state index in [-0.39, 0.29) is 0 Å². The lowest BCUT2D eigenvalue weighted by molar-refractivity contribution is 0.355. The van der Waals surface area contributed by atoms with E-state index in [0.29, 0.717) is 23.1 Å². The lowest BCUT2D eigenvalue weighted by atomic mass is 10.2. The van der Waals surface area contributed by atoms with Crippen LogP contribution in [-0.2, 0) is 0 Å². The molecule has 0 fully saturated rings. The van der Waals surface area contributed by atoms with Gasteiger partial charge in [0.05, 0.1) is 26.6 Å². The van der Waals surface area contributed by atoms with Crippen LogP contribution in [0.4, 0.5) is 17.3 Å². The molecule has 0 atom stereocenters. The number of hydrogen-bond acceptors (Lipinski definition) is 6. The number of nitrogens with one attached hydrogen (secondary N) is 1. The van der Waals surface area contributed by atoms with E-state index in [1.165, 1.54) is 6.20 Å². The first kappa shape index (κ1) is 12.0. The van der Waals surface area contributed by atoms with Gasteiger partial charge in [0.15, 0.2) is 17.3 Å². The highest BCUT2D eigenvalue weighted by Crippen LogP contribution is 2.30. The molecular weight excluding hydrogens is 232 g/mol. The Kier molecular flexibility index (Phi) is 3.47. The van der Waals surface area contributed by atoms with Gasteiger partial charge in [0.2, 0.25) is 0 Å². The van der Waals surface area contributed by atoms with Crippen LogP contribution in [0, 0.1) is 0 Å². The number of rotatable bonds is 4. The molecule has 0 aliphatic carbocycles. The van der Waals surface area contributed by atoms with E-state index in [1.807, 2.05) is 12.1 Å². The van der Waals surface area contributed by atoms with Gasteiger partial charge in [-0.2, -0.15) is 0 Å². The third-order valence-corrected chi connectivity index (χ3v) is 2.31. The first-order chi connectivity index (χ1) is 8.72. The normalized spacial score (nSPS) is 9.89. The standard InChI is InChI=1S/C12H14N4O2/c1-17-9-4-3-8(5-10(9)18-2)15-12-7-14-6-11(13)16-12/h3-7H,1-2H3,(H3,13,15,16). The average Bonchev–Trinajstić information content (AvgIpc) is 2.38. The second kappa shape index (κ2) is 5.22. The van der Waals surface area contributed by atoms with Crippen LogP contribution in [0.25, 0.3) is 0 Å². The Morgan fingerprint density at radius 1 is 1.11 bits per heavy atom. The monoisotopic (exact) mass is 246 g/mol. The van der Waals surface area contributed by atoms with Crippen LogP contribution in [0.3, 0.4) is 0 Å². The van der Waals surface area contributed by atoms with Crippen molar-refractivity contribution >= 4 is 17.3 Å². The van der Waals surface area contributed by atoms with Crippen molar-refractivity contribution in [3.05, 3.63) is 30.6 Å². The number of benzene rings is 1. The number of nitrogens with two attached hydrogens (primary N) is 1. The van der Waals surface area contributed by atoms with Gasteiger partial charge in [0, 0.05) is 11.8 Å². The lowest BCUT2D eigenvalue weighted by Crippen LogP contribution is -1.99. The molecule has 2 aromatic rings. The summed E-state index contributed by atoms with van der Waals surface area (Å²) in [5, 5.41) is 3.08. The largest absolute Gasteiger partial charge is 0.493 e. The van der Waals surface area contributed by atoms with Crippen molar-refractivity contribution < 1.29 is 9.47 Å². The van der Waals surface area contributed by atoms with E-state index in [4.69, 9.17) is 15.2 Å². The number of methoxy groups -OCH3 is 2. The van der Waals surface area contributed by atoms with E-state index in [9.17, 15) is 0 Å². The maximum Gasteiger partial charge on any atom is 0.162 e. The molecule has 6 nitrogen and oxygen atoms in total. The van der Waals surface area contributed by atoms with Crippen molar-refractivity contribution in [2.75, 3.05) is 25.3 Å². The van der Waals surface area contributed by atoms with Crippen molar-refractivity contribution in [2.24, 2.45) is 0 Å². The maximum atomic E-state index is 5.56. The summed E-state index contributed by atoms with van der Waals surface area (Å²) in [6, 6.07) is 5.47. The number of nitrogen functional groups attached to an aromatic ring is 1. The van der Waals surface area contributed by atoms with E-state index < -0.39 is 0 Å². The predicted molar refractivity (Wildman–Crippen MR) is 69.3 cm³/mol. The molecule has 3 N–H and O–H groups in total. The van der Waals surface area contributed by atoms with Crippen LogP contribution in [0.2, 0.25) is 0 Å². The Morgan fingerprint density at radius 3 is 2.56 bits per heavy atom. The van der Waals surface area contributed by atoms with E-state index >= 15 is 0 Å². The molecule has 0 aliphatic rings. The lowest BCUT2D eigenvalue weighted by Gasteiger charge is -2.10. The second-order valence-corrected chi connectivity index (χ2v) is 3.52. The fourth-order valence-electron chi connectivity index (χ4n) is 1.50. The predicted octanol–water partition coefficient (Wildman–Crippen LogP) is 1.82. The van der Waals surface area contributed by atoms with E-state index in [0.717, 1.165) is 5.69 Å². The molecule has 0 unspecified atom stereocenters. The van der Waals surface area contributed by atoms with Crippen molar-refractivity contribution in [3.8, 4) is 11.5 Å². The summed E-state index contributed by atoms with van der Waals surface area (Å²) in [4.78, 5) is 8.05. The molecule has 0 saturated heterocycles. The molecule has 0 bridgehead atoms. The van der Waals surface area contributed by atoms with E-state index in [1.54, 1.807) is 26.5 Å². The number of nitrogens with zero attached hydrogens (tertiary/aromatic N) is 2. The maximum absolute atomic E-state index is 5.56. The van der Waals surface area contributed by atoms with Crippen LogP contribution < -0.4 is 20.5 Å². The van der Waals surface area contributed by atoms with Crippen molar-refractivity contribution in [1.29, 1.82) is 0 Å². The summed E-state index contributed by atoms with van der Waals surface area (Å²) in [6.45, 7) is 0. The third-order valence-electron chi connectivity index (χ3n) is 2.31. The van der Waals surface area contributed by atoms with Crippen LogP contribution in [0.15, 0.2) is 30.6 Å². The summed E-state index contributed by atoms with van der Waals surface area (Å²) in [6.07, 6.45) is 3.08. The van der Waals surface area contributed by atoms with Crippen LogP contribution in [0.5, 0.6) is 11.5 Å². The average molecular weight is 246 g/mol. The van der Waals surface area contributed by atoms with Gasteiger partial charge in [-0.05, 0) is 12.1 Å². The van der Waals surface area contributed by atoms with Gasteiger partial charge in [0.25, 0.3) is 0 Å². The minimum Gasteiger partial charge on any atom is -0.493 e. The zero-order valence-corrected chi connectivity index (χ0v) is 10.2. The highest BCUT2D eigenvalue weighted by molar-refractivity contribution is 5.61. The number of hydrogen-bond donors (Lipinski definition) is 2. The summed E-state index contributed by atoms with van der Waals surface area (Å²) < 4.78 is 10.4. The Morgan fingerprint density at radius 2 is 1.89 bits per heavy atom. The van der Waals surface area contributed by atoms with Gasteiger partial charge in [-0.25, -0.2) is 4.98 Å². The quantitative estimate of drug-likeness (QED) is 0.856. The van der Waals surface area contributed by atoms with Crippen LogP contribution in [0.1, 0.15) is 0 Å². The molecule has 0 aliphatic heterocycles. The van der Waals surface area contributed by atoms with Crippen molar-refractivity contribution in [2.45, 2.75) is 0 Å². The first-order valence-corrected chi connectivity index (χ1v) is 5.29. The SMILES string of the molecule is COc1ccc(Nc2cncc(N)n2)cc1OC. The summed E-state index contributed by atoms with van der Waals surface area (Å²) in [7, 11) is 3.18. The number of anilines is 3. The Balaban J connectivity index is 2.24. The molecule has 1 heterocycles. The van der Waals surface area contributed by atoms with Gasteiger partial charge in [-0.1, -0.05) is 0 Å². The van der Waals surface area contributed by atoms with Gasteiger partial charge in [-0.3, -0.25) is 4.98 Å². The molecule has 18 heavy (non-hydrogen) atoms. The molecular formula is C12H14N4O2. The zero-order chi connectivity index (χ0) is 13.0. The molecule has 0 amide bonds. The molecule has 0 saturated carbocycles. The topological polar surface area (TPSA) is 82.3 Å². The number of ether oxygens (including phenoxy) is 2. The molecule has 0 radical (unpaired) electrons. The number of aromatic nitrogens is 2. The minimum absolute atomic E-state index is 0.362. The van der Waals surface area contributed by atoms with Gasteiger partial charge in [0.1, 0.15) is 5.82 Å². The molecule has 1 aromatic heterocycles. The van der Waals surface area contributed by atoms with Gasteiger partial charge < -0.3 is 20.5 Å².